The molecule has 2 saturated heterocycles. The van der Waals surface area contributed by atoms with Crippen molar-refractivity contribution in [2.45, 2.75) is 37.8 Å². The van der Waals surface area contributed by atoms with Crippen molar-refractivity contribution in [2.75, 3.05) is 13.1 Å². The van der Waals surface area contributed by atoms with E-state index in [0.717, 1.165) is 29.5 Å². The second-order valence-electron chi connectivity index (χ2n) is 5.57. The predicted molar refractivity (Wildman–Crippen MR) is 86.2 cm³/mol. The van der Waals surface area contributed by atoms with Gasteiger partial charge in [-0.2, -0.15) is 0 Å². The van der Waals surface area contributed by atoms with Crippen molar-refractivity contribution in [3.63, 3.8) is 0 Å². The molecule has 5 heteroatoms. The van der Waals surface area contributed by atoms with Gasteiger partial charge in [0.15, 0.2) is 0 Å². The Hall–Kier alpha value is -0.580. The highest BCUT2D eigenvalue weighted by molar-refractivity contribution is 9.10. The molecule has 110 valence electrons. The standard InChI is InChI=1S/C15H19BrN2O.ClH/c16-12-3-1-11(2-4-12)9-15(19)18-8-7-13-5-6-14(10-18)17-13;/h1-4,13-14,17H,5-10H2;1H. The molecule has 2 aliphatic rings. The minimum Gasteiger partial charge on any atom is -0.341 e. The van der Waals surface area contributed by atoms with Gasteiger partial charge in [-0.25, -0.2) is 0 Å². The lowest BCUT2D eigenvalue weighted by molar-refractivity contribution is -0.130. The molecule has 2 atom stereocenters. The van der Waals surface area contributed by atoms with Crippen molar-refractivity contribution in [1.29, 1.82) is 0 Å². The van der Waals surface area contributed by atoms with Gasteiger partial charge < -0.3 is 10.2 Å². The summed E-state index contributed by atoms with van der Waals surface area (Å²) in [5.74, 6) is 0.261. The number of rotatable bonds is 2. The third-order valence-electron chi connectivity index (χ3n) is 4.14. The van der Waals surface area contributed by atoms with E-state index in [9.17, 15) is 4.79 Å². The Morgan fingerprint density at radius 3 is 2.65 bits per heavy atom. The summed E-state index contributed by atoms with van der Waals surface area (Å²) in [5.41, 5.74) is 1.09. The zero-order valence-electron chi connectivity index (χ0n) is 11.3. The van der Waals surface area contributed by atoms with Crippen LogP contribution in [0.2, 0.25) is 0 Å². The van der Waals surface area contributed by atoms with Crippen LogP contribution < -0.4 is 5.32 Å². The first-order valence-corrected chi connectivity index (χ1v) is 7.78. The highest BCUT2D eigenvalue weighted by Crippen LogP contribution is 2.21. The molecule has 2 aliphatic heterocycles. The van der Waals surface area contributed by atoms with E-state index in [1.54, 1.807) is 0 Å². The molecular formula is C15H20BrClN2O. The third-order valence-corrected chi connectivity index (χ3v) is 4.67. The third kappa shape index (κ3) is 3.74. The zero-order valence-corrected chi connectivity index (χ0v) is 13.8. The minimum absolute atomic E-state index is 0. The van der Waals surface area contributed by atoms with Crippen LogP contribution in [-0.2, 0) is 11.2 Å². The zero-order chi connectivity index (χ0) is 13.2. The van der Waals surface area contributed by atoms with E-state index in [1.165, 1.54) is 12.8 Å². The van der Waals surface area contributed by atoms with Gasteiger partial charge in [-0.05, 0) is 37.0 Å². The van der Waals surface area contributed by atoms with Gasteiger partial charge in [0, 0.05) is 29.6 Å². The van der Waals surface area contributed by atoms with E-state index in [0.29, 0.717) is 18.5 Å². The summed E-state index contributed by atoms with van der Waals surface area (Å²) >= 11 is 3.42. The molecule has 1 aromatic carbocycles. The van der Waals surface area contributed by atoms with Gasteiger partial charge in [0.2, 0.25) is 5.91 Å². The first-order chi connectivity index (χ1) is 9.20. The molecule has 0 aliphatic carbocycles. The lowest BCUT2D eigenvalue weighted by Gasteiger charge is -2.24. The molecule has 3 rings (SSSR count). The van der Waals surface area contributed by atoms with E-state index in [4.69, 9.17) is 0 Å². The van der Waals surface area contributed by atoms with Crippen molar-refractivity contribution in [3.05, 3.63) is 34.3 Å². The van der Waals surface area contributed by atoms with Crippen molar-refractivity contribution in [3.8, 4) is 0 Å². The van der Waals surface area contributed by atoms with E-state index >= 15 is 0 Å². The summed E-state index contributed by atoms with van der Waals surface area (Å²) in [7, 11) is 0. The maximum atomic E-state index is 12.4. The SMILES string of the molecule is Cl.O=C(Cc1ccc(Br)cc1)N1CCC2CCC(C1)N2. The Balaban J connectivity index is 0.00000147. The number of carbonyl (C=O) groups excluding carboxylic acids is 1. The molecule has 2 unspecified atom stereocenters. The number of halogens is 2. The molecule has 1 amide bonds. The van der Waals surface area contributed by atoms with Crippen LogP contribution in [0.4, 0.5) is 0 Å². The lowest BCUT2D eigenvalue weighted by Crippen LogP contribution is -2.39. The molecule has 0 saturated carbocycles. The maximum Gasteiger partial charge on any atom is 0.227 e. The molecular weight excluding hydrogens is 340 g/mol. The number of benzene rings is 1. The predicted octanol–water partition coefficient (Wildman–Crippen LogP) is 2.77. The average molecular weight is 360 g/mol. The van der Waals surface area contributed by atoms with Crippen LogP contribution in [0.25, 0.3) is 0 Å². The quantitative estimate of drug-likeness (QED) is 0.880. The van der Waals surface area contributed by atoms with E-state index in [-0.39, 0.29) is 18.3 Å². The fourth-order valence-corrected chi connectivity index (χ4v) is 3.32. The number of amides is 1. The molecule has 1 aromatic rings. The smallest absolute Gasteiger partial charge is 0.227 e. The van der Waals surface area contributed by atoms with E-state index < -0.39 is 0 Å². The fourth-order valence-electron chi connectivity index (χ4n) is 3.06. The molecule has 2 heterocycles. The molecule has 20 heavy (non-hydrogen) atoms. The van der Waals surface area contributed by atoms with Gasteiger partial charge >= 0.3 is 0 Å². The molecule has 1 N–H and O–H groups in total. The first kappa shape index (κ1) is 15.8. The number of likely N-dealkylation sites (tertiary alicyclic amines) is 1. The van der Waals surface area contributed by atoms with Gasteiger partial charge in [-0.1, -0.05) is 28.1 Å². The fraction of sp³-hybridized carbons (Fsp3) is 0.533. The Morgan fingerprint density at radius 2 is 1.90 bits per heavy atom. The van der Waals surface area contributed by atoms with Crippen LogP contribution >= 0.6 is 28.3 Å². The summed E-state index contributed by atoms with van der Waals surface area (Å²) in [4.78, 5) is 14.4. The number of fused-ring (bicyclic) bond motifs is 2. The van der Waals surface area contributed by atoms with Gasteiger partial charge in [0.25, 0.3) is 0 Å². The number of nitrogens with one attached hydrogen (secondary N) is 1. The van der Waals surface area contributed by atoms with Gasteiger partial charge in [-0.3, -0.25) is 4.79 Å². The number of hydrogen-bond donors (Lipinski definition) is 1. The summed E-state index contributed by atoms with van der Waals surface area (Å²) in [6, 6.07) is 9.18. The Morgan fingerprint density at radius 1 is 1.20 bits per heavy atom. The molecule has 0 radical (unpaired) electrons. The largest absolute Gasteiger partial charge is 0.341 e. The summed E-state index contributed by atoms with van der Waals surface area (Å²) in [6.45, 7) is 1.79. The van der Waals surface area contributed by atoms with Crippen LogP contribution in [0, 0.1) is 0 Å². The highest BCUT2D eigenvalue weighted by atomic mass is 79.9. The van der Waals surface area contributed by atoms with Crippen LogP contribution in [-0.4, -0.2) is 36.0 Å². The Labute approximate surface area is 134 Å². The molecule has 2 bridgehead atoms. The summed E-state index contributed by atoms with van der Waals surface area (Å²) in [6.07, 6.45) is 4.11. The van der Waals surface area contributed by atoms with Crippen LogP contribution in [0.5, 0.6) is 0 Å². The maximum absolute atomic E-state index is 12.4. The summed E-state index contributed by atoms with van der Waals surface area (Å²) in [5, 5.41) is 3.61. The monoisotopic (exact) mass is 358 g/mol. The normalized spacial score (nSPS) is 24.9. The minimum atomic E-state index is 0. The number of nitrogens with zero attached hydrogens (tertiary/aromatic N) is 1. The van der Waals surface area contributed by atoms with Crippen molar-refractivity contribution in [2.24, 2.45) is 0 Å². The first-order valence-electron chi connectivity index (χ1n) is 6.99. The number of carbonyl (C=O) groups is 1. The van der Waals surface area contributed by atoms with Crippen LogP contribution in [0.15, 0.2) is 28.7 Å². The lowest BCUT2D eigenvalue weighted by atomic mass is 10.1. The van der Waals surface area contributed by atoms with Crippen molar-refractivity contribution >= 4 is 34.2 Å². The molecule has 0 spiro atoms. The second-order valence-corrected chi connectivity index (χ2v) is 6.49. The van der Waals surface area contributed by atoms with Crippen molar-refractivity contribution in [1.82, 2.24) is 10.2 Å². The van der Waals surface area contributed by atoms with Gasteiger partial charge in [0.1, 0.15) is 0 Å². The summed E-state index contributed by atoms with van der Waals surface area (Å²) < 4.78 is 1.06. The van der Waals surface area contributed by atoms with E-state index in [1.807, 2.05) is 29.2 Å². The second kappa shape index (κ2) is 6.92. The molecule has 0 aromatic heterocycles. The molecule has 3 nitrogen and oxygen atoms in total. The van der Waals surface area contributed by atoms with Crippen molar-refractivity contribution < 1.29 is 4.79 Å². The van der Waals surface area contributed by atoms with E-state index in [2.05, 4.69) is 21.2 Å². The number of hydrogen-bond acceptors (Lipinski definition) is 2. The average Bonchev–Trinajstić information content (AvgIpc) is 2.71. The van der Waals surface area contributed by atoms with Crippen LogP contribution in [0.1, 0.15) is 24.8 Å². The van der Waals surface area contributed by atoms with Gasteiger partial charge in [0.05, 0.1) is 6.42 Å². The van der Waals surface area contributed by atoms with Gasteiger partial charge in [-0.15, -0.1) is 12.4 Å². The highest BCUT2D eigenvalue weighted by Gasteiger charge is 2.30. The Bertz CT molecular complexity index is 465. The van der Waals surface area contributed by atoms with Crippen LogP contribution in [0.3, 0.4) is 0 Å². The molecule has 2 fully saturated rings. The topological polar surface area (TPSA) is 32.3 Å². The Kier molecular flexibility index (Phi) is 5.47.